The van der Waals surface area contributed by atoms with E-state index in [-0.39, 0.29) is 16.8 Å². The molecular weight excluding hydrogens is 324 g/mol. The molecule has 2 N–H and O–H groups in total. The molecule has 1 amide bonds. The number of nitrogens with one attached hydrogen (secondary N) is 2. The fourth-order valence-corrected chi connectivity index (χ4v) is 4.28. The first-order valence-corrected chi connectivity index (χ1v) is 10.4. The summed E-state index contributed by atoms with van der Waals surface area (Å²) in [7, 11) is -3.51. The van der Waals surface area contributed by atoms with Crippen LogP contribution in [0, 0.1) is 0 Å². The van der Waals surface area contributed by atoms with Gasteiger partial charge in [-0.2, -0.15) is 0 Å². The van der Waals surface area contributed by atoms with E-state index in [2.05, 4.69) is 17.0 Å². The topological polar surface area (TPSA) is 75.3 Å². The predicted molar refractivity (Wildman–Crippen MR) is 95.5 cm³/mol. The molecule has 1 aliphatic rings. The number of hydrogen-bond acceptors (Lipinski definition) is 3. The number of amides is 1. The van der Waals surface area contributed by atoms with E-state index in [4.69, 9.17) is 0 Å². The van der Waals surface area contributed by atoms with Gasteiger partial charge < -0.3 is 5.32 Å². The average molecular weight is 353 g/mol. The Labute approximate surface area is 145 Å². The molecule has 6 heteroatoms. The van der Waals surface area contributed by atoms with Crippen LogP contribution in [0.25, 0.3) is 0 Å². The maximum absolute atomic E-state index is 12.4. The molecule has 0 aliphatic heterocycles. The highest BCUT2D eigenvalue weighted by Crippen LogP contribution is 2.20. The van der Waals surface area contributed by atoms with Gasteiger partial charge in [0.25, 0.3) is 5.91 Å². The Morgan fingerprint density at radius 3 is 2.38 bits per heavy atom. The van der Waals surface area contributed by atoms with Crippen molar-refractivity contribution in [3.63, 3.8) is 0 Å². The predicted octanol–water partition coefficient (Wildman–Crippen LogP) is 3.22. The molecule has 1 aromatic rings. The molecule has 1 aliphatic carbocycles. The van der Waals surface area contributed by atoms with E-state index in [0.29, 0.717) is 12.1 Å². The van der Waals surface area contributed by atoms with Gasteiger partial charge in [-0.25, -0.2) is 13.1 Å². The molecule has 2 rings (SSSR count). The maximum Gasteiger partial charge on any atom is 0.251 e. The van der Waals surface area contributed by atoms with Gasteiger partial charge in [-0.15, -0.1) is 0 Å². The highest BCUT2D eigenvalue weighted by molar-refractivity contribution is 7.89. The average Bonchev–Trinajstić information content (AvgIpc) is 2.59. The highest BCUT2D eigenvalue weighted by Gasteiger charge is 2.21. The molecule has 1 aromatic carbocycles. The molecule has 1 fully saturated rings. The number of hydrogen-bond donors (Lipinski definition) is 2. The van der Waals surface area contributed by atoms with Crippen LogP contribution in [-0.4, -0.2) is 26.9 Å². The zero-order chi connectivity index (χ0) is 17.4. The van der Waals surface area contributed by atoms with Crippen LogP contribution in [0.1, 0.15) is 68.6 Å². The monoisotopic (exact) mass is 352 g/mol. The van der Waals surface area contributed by atoms with Crippen LogP contribution in [-0.2, 0) is 10.0 Å². The lowest BCUT2D eigenvalue weighted by atomic mass is 9.96. The SMILES string of the molecule is CCCCCNC(=O)c1ccc(S(=O)(=O)NC2CCCCC2)cc1. The Morgan fingerprint density at radius 2 is 1.75 bits per heavy atom. The van der Waals surface area contributed by atoms with Gasteiger partial charge in [0.1, 0.15) is 0 Å². The van der Waals surface area contributed by atoms with Crippen LogP contribution in [0.4, 0.5) is 0 Å². The molecule has 0 saturated heterocycles. The maximum atomic E-state index is 12.4. The molecule has 134 valence electrons. The van der Waals surface area contributed by atoms with Gasteiger partial charge in [0.2, 0.25) is 10.0 Å². The van der Waals surface area contributed by atoms with Gasteiger partial charge in [0.15, 0.2) is 0 Å². The van der Waals surface area contributed by atoms with Gasteiger partial charge >= 0.3 is 0 Å². The lowest BCUT2D eigenvalue weighted by Gasteiger charge is -2.22. The van der Waals surface area contributed by atoms with Gasteiger partial charge in [0.05, 0.1) is 4.90 Å². The van der Waals surface area contributed by atoms with E-state index < -0.39 is 10.0 Å². The summed E-state index contributed by atoms with van der Waals surface area (Å²) in [6, 6.07) is 6.19. The molecule has 0 atom stereocenters. The third-order valence-electron chi connectivity index (χ3n) is 4.42. The Bertz CT molecular complexity index is 620. The minimum Gasteiger partial charge on any atom is -0.352 e. The zero-order valence-electron chi connectivity index (χ0n) is 14.4. The quantitative estimate of drug-likeness (QED) is 0.705. The fourth-order valence-electron chi connectivity index (χ4n) is 2.97. The Morgan fingerprint density at radius 1 is 1.08 bits per heavy atom. The molecule has 5 nitrogen and oxygen atoms in total. The van der Waals surface area contributed by atoms with E-state index in [0.717, 1.165) is 44.9 Å². The lowest BCUT2D eigenvalue weighted by molar-refractivity contribution is 0.0953. The summed E-state index contributed by atoms with van der Waals surface area (Å²) in [4.78, 5) is 12.2. The van der Waals surface area contributed by atoms with Crippen molar-refractivity contribution in [3.8, 4) is 0 Å². The first kappa shape index (κ1) is 18.9. The van der Waals surface area contributed by atoms with Gasteiger partial charge in [0, 0.05) is 18.2 Å². The number of carbonyl (C=O) groups is 1. The summed E-state index contributed by atoms with van der Waals surface area (Å²) < 4.78 is 27.6. The molecular formula is C18H28N2O3S. The number of benzene rings is 1. The van der Waals surface area contributed by atoms with E-state index in [1.54, 1.807) is 12.1 Å². The number of carbonyl (C=O) groups excluding carboxylic acids is 1. The molecule has 24 heavy (non-hydrogen) atoms. The Kier molecular flexibility index (Phi) is 7.24. The van der Waals surface area contributed by atoms with E-state index in [9.17, 15) is 13.2 Å². The minimum absolute atomic E-state index is 0.0327. The summed E-state index contributed by atoms with van der Waals surface area (Å²) in [5.74, 6) is -0.157. The molecule has 0 spiro atoms. The first-order chi connectivity index (χ1) is 11.5. The normalized spacial score (nSPS) is 16.0. The largest absolute Gasteiger partial charge is 0.352 e. The summed E-state index contributed by atoms with van der Waals surface area (Å²) >= 11 is 0. The molecule has 1 saturated carbocycles. The molecule has 0 radical (unpaired) electrons. The number of unbranched alkanes of at least 4 members (excludes halogenated alkanes) is 2. The molecule has 0 bridgehead atoms. The summed E-state index contributed by atoms with van der Waals surface area (Å²) in [5, 5.41) is 2.85. The van der Waals surface area contributed by atoms with Crippen molar-refractivity contribution in [2.45, 2.75) is 69.2 Å². The second-order valence-corrected chi connectivity index (χ2v) is 8.16. The summed E-state index contributed by atoms with van der Waals surface area (Å²) in [6.07, 6.45) is 8.28. The van der Waals surface area contributed by atoms with Crippen molar-refractivity contribution in [1.82, 2.24) is 10.0 Å². The van der Waals surface area contributed by atoms with Gasteiger partial charge in [-0.3, -0.25) is 4.79 Å². The van der Waals surface area contributed by atoms with Crippen LogP contribution < -0.4 is 10.0 Å². The highest BCUT2D eigenvalue weighted by atomic mass is 32.2. The zero-order valence-corrected chi connectivity index (χ0v) is 15.2. The first-order valence-electron chi connectivity index (χ1n) is 8.93. The third-order valence-corrected chi connectivity index (χ3v) is 5.96. The smallest absolute Gasteiger partial charge is 0.251 e. The second-order valence-electron chi connectivity index (χ2n) is 6.44. The van der Waals surface area contributed by atoms with Crippen molar-refractivity contribution in [2.24, 2.45) is 0 Å². The molecule has 0 aromatic heterocycles. The number of sulfonamides is 1. The molecule has 0 unspecified atom stereocenters. The van der Waals surface area contributed by atoms with Crippen molar-refractivity contribution in [2.75, 3.05) is 6.54 Å². The van der Waals surface area contributed by atoms with Crippen molar-refractivity contribution < 1.29 is 13.2 Å². The van der Waals surface area contributed by atoms with Gasteiger partial charge in [-0.1, -0.05) is 39.0 Å². The number of rotatable bonds is 8. The van der Waals surface area contributed by atoms with E-state index >= 15 is 0 Å². The van der Waals surface area contributed by atoms with Crippen LogP contribution in [0.2, 0.25) is 0 Å². The summed E-state index contributed by atoms with van der Waals surface area (Å²) in [5.41, 5.74) is 0.489. The fraction of sp³-hybridized carbons (Fsp3) is 0.611. The minimum atomic E-state index is -3.51. The van der Waals surface area contributed by atoms with Gasteiger partial charge in [-0.05, 0) is 43.5 Å². The van der Waals surface area contributed by atoms with Crippen molar-refractivity contribution in [1.29, 1.82) is 0 Å². The molecule has 0 heterocycles. The summed E-state index contributed by atoms with van der Waals surface area (Å²) in [6.45, 7) is 2.76. The van der Waals surface area contributed by atoms with E-state index in [1.165, 1.54) is 18.6 Å². The van der Waals surface area contributed by atoms with Crippen LogP contribution in [0.3, 0.4) is 0 Å². The Balaban J connectivity index is 1.93. The van der Waals surface area contributed by atoms with Crippen LogP contribution in [0.5, 0.6) is 0 Å². The second kappa shape index (κ2) is 9.18. The standard InChI is InChI=1S/C18H28N2O3S/c1-2-3-7-14-19-18(21)15-10-12-17(13-11-15)24(22,23)20-16-8-5-4-6-9-16/h10-13,16,20H,2-9,14H2,1H3,(H,19,21). The Hall–Kier alpha value is -1.40. The lowest BCUT2D eigenvalue weighted by Crippen LogP contribution is -2.36. The van der Waals surface area contributed by atoms with Crippen molar-refractivity contribution in [3.05, 3.63) is 29.8 Å². The third kappa shape index (κ3) is 5.60. The van der Waals surface area contributed by atoms with Crippen LogP contribution in [0.15, 0.2) is 29.2 Å². The van der Waals surface area contributed by atoms with Crippen molar-refractivity contribution >= 4 is 15.9 Å². The van der Waals surface area contributed by atoms with E-state index in [1.807, 2.05) is 0 Å². The van der Waals surface area contributed by atoms with Crippen LogP contribution >= 0.6 is 0 Å².